The van der Waals surface area contributed by atoms with Gasteiger partial charge in [-0.1, -0.05) is 17.7 Å². The third-order valence-electron chi connectivity index (χ3n) is 4.04. The molecule has 2 N–H and O–H groups in total. The number of hydrogen-bond acceptors (Lipinski definition) is 4. The molecule has 1 aromatic carbocycles. The van der Waals surface area contributed by atoms with Crippen molar-refractivity contribution in [3.05, 3.63) is 53.2 Å². The highest BCUT2D eigenvalue weighted by Gasteiger charge is 2.21. The second-order valence-electron chi connectivity index (χ2n) is 5.92. The number of pyridine rings is 1. The fourth-order valence-corrected chi connectivity index (χ4v) is 2.85. The number of amides is 1. The van der Waals surface area contributed by atoms with E-state index in [0.29, 0.717) is 17.1 Å². The van der Waals surface area contributed by atoms with Crippen molar-refractivity contribution in [2.45, 2.75) is 19.8 Å². The number of aromatic nitrogens is 1. The fourth-order valence-electron chi connectivity index (χ4n) is 2.85. The van der Waals surface area contributed by atoms with E-state index in [1.807, 2.05) is 24.0 Å². The minimum absolute atomic E-state index is 0.110. The molecule has 6 nitrogen and oxygen atoms in total. The van der Waals surface area contributed by atoms with Crippen molar-refractivity contribution in [3.8, 4) is 0 Å². The summed E-state index contributed by atoms with van der Waals surface area (Å²) in [5.74, 6) is -0.865. The number of carbonyl (C=O) groups excluding carboxylic acids is 1. The Bertz CT molecular complexity index is 783. The third kappa shape index (κ3) is 3.37. The molecule has 2 heterocycles. The van der Waals surface area contributed by atoms with E-state index in [1.54, 1.807) is 12.1 Å². The molecule has 1 fully saturated rings. The van der Waals surface area contributed by atoms with Crippen molar-refractivity contribution in [2.75, 3.05) is 23.3 Å². The minimum atomic E-state index is -1.05. The molecule has 124 valence electrons. The first-order valence-electron chi connectivity index (χ1n) is 7.91. The highest BCUT2D eigenvalue weighted by Crippen LogP contribution is 2.25. The summed E-state index contributed by atoms with van der Waals surface area (Å²) in [4.78, 5) is 30.1. The van der Waals surface area contributed by atoms with Crippen LogP contribution in [0.5, 0.6) is 0 Å². The zero-order valence-electron chi connectivity index (χ0n) is 13.5. The van der Waals surface area contributed by atoms with Crippen molar-refractivity contribution in [2.24, 2.45) is 0 Å². The van der Waals surface area contributed by atoms with Gasteiger partial charge in [0.15, 0.2) is 0 Å². The van der Waals surface area contributed by atoms with Crippen LogP contribution >= 0.6 is 0 Å². The normalized spacial score (nSPS) is 13.8. The molecule has 2 aromatic rings. The van der Waals surface area contributed by atoms with Crippen molar-refractivity contribution in [3.63, 3.8) is 0 Å². The van der Waals surface area contributed by atoms with Gasteiger partial charge in [-0.15, -0.1) is 0 Å². The van der Waals surface area contributed by atoms with Gasteiger partial charge in [0.1, 0.15) is 11.4 Å². The Labute approximate surface area is 140 Å². The maximum absolute atomic E-state index is 12.3. The number of carbonyl (C=O) groups is 2. The Morgan fingerprint density at radius 2 is 1.96 bits per heavy atom. The van der Waals surface area contributed by atoms with E-state index < -0.39 is 5.97 Å². The summed E-state index contributed by atoms with van der Waals surface area (Å²) in [6, 6.07) is 8.68. The van der Waals surface area contributed by atoms with Gasteiger partial charge >= 0.3 is 5.97 Å². The summed E-state index contributed by atoms with van der Waals surface area (Å²) in [7, 11) is 0. The van der Waals surface area contributed by atoms with Gasteiger partial charge in [-0.25, -0.2) is 9.78 Å². The van der Waals surface area contributed by atoms with Crippen LogP contribution in [0.2, 0.25) is 0 Å². The first kappa shape index (κ1) is 16.0. The van der Waals surface area contributed by atoms with E-state index in [1.165, 1.54) is 12.3 Å². The molecular weight excluding hydrogens is 306 g/mol. The summed E-state index contributed by atoms with van der Waals surface area (Å²) < 4.78 is 0. The number of anilines is 2. The van der Waals surface area contributed by atoms with Gasteiger partial charge in [0.25, 0.3) is 5.91 Å². The van der Waals surface area contributed by atoms with Crippen molar-refractivity contribution >= 4 is 23.4 Å². The molecule has 3 rings (SSSR count). The van der Waals surface area contributed by atoms with Crippen molar-refractivity contribution in [1.29, 1.82) is 0 Å². The van der Waals surface area contributed by atoms with Crippen LogP contribution in [0.25, 0.3) is 0 Å². The van der Waals surface area contributed by atoms with Crippen LogP contribution in [-0.2, 0) is 0 Å². The largest absolute Gasteiger partial charge is 0.478 e. The Balaban J connectivity index is 1.85. The van der Waals surface area contributed by atoms with Gasteiger partial charge in [0.2, 0.25) is 0 Å². The number of benzene rings is 1. The predicted molar refractivity (Wildman–Crippen MR) is 91.8 cm³/mol. The zero-order chi connectivity index (χ0) is 17.1. The lowest BCUT2D eigenvalue weighted by atomic mass is 10.1. The molecule has 1 saturated heterocycles. The lowest BCUT2D eigenvalue weighted by Gasteiger charge is -2.19. The molecule has 0 unspecified atom stereocenters. The topological polar surface area (TPSA) is 82.5 Å². The summed E-state index contributed by atoms with van der Waals surface area (Å²) in [6.07, 6.45) is 3.58. The van der Waals surface area contributed by atoms with Crippen LogP contribution in [0.4, 0.5) is 11.5 Å². The Morgan fingerprint density at radius 3 is 2.62 bits per heavy atom. The lowest BCUT2D eigenvalue weighted by Crippen LogP contribution is -2.22. The summed E-state index contributed by atoms with van der Waals surface area (Å²) in [5, 5.41) is 12.2. The summed E-state index contributed by atoms with van der Waals surface area (Å²) in [6.45, 7) is 3.52. The van der Waals surface area contributed by atoms with E-state index in [4.69, 9.17) is 0 Å². The van der Waals surface area contributed by atoms with Gasteiger partial charge < -0.3 is 15.3 Å². The van der Waals surface area contributed by atoms with Crippen LogP contribution < -0.4 is 10.2 Å². The van der Waals surface area contributed by atoms with E-state index >= 15 is 0 Å². The summed E-state index contributed by atoms with van der Waals surface area (Å²) in [5.41, 5.74) is 1.99. The number of carboxylic acids is 1. The monoisotopic (exact) mass is 325 g/mol. The zero-order valence-corrected chi connectivity index (χ0v) is 13.5. The number of nitrogens with zero attached hydrogens (tertiary/aromatic N) is 2. The number of hydrogen-bond donors (Lipinski definition) is 2. The SMILES string of the molecule is Cc1cccc(C(=O)Nc2cnc(N3CCCC3)c(C(=O)O)c2)c1. The molecule has 6 heteroatoms. The van der Waals surface area contributed by atoms with E-state index in [9.17, 15) is 14.7 Å². The maximum Gasteiger partial charge on any atom is 0.339 e. The van der Waals surface area contributed by atoms with Crippen LogP contribution in [0, 0.1) is 6.92 Å². The number of nitrogens with one attached hydrogen (secondary N) is 1. The molecule has 1 aromatic heterocycles. The quantitative estimate of drug-likeness (QED) is 0.903. The maximum atomic E-state index is 12.3. The van der Waals surface area contributed by atoms with Gasteiger partial charge in [0, 0.05) is 18.7 Å². The number of carboxylic acid groups (broad SMARTS) is 1. The third-order valence-corrected chi connectivity index (χ3v) is 4.04. The highest BCUT2D eigenvalue weighted by molar-refractivity contribution is 6.05. The Kier molecular flexibility index (Phi) is 4.46. The van der Waals surface area contributed by atoms with E-state index in [-0.39, 0.29) is 11.5 Å². The van der Waals surface area contributed by atoms with Gasteiger partial charge in [0.05, 0.1) is 11.9 Å². The molecule has 0 saturated carbocycles. The second-order valence-corrected chi connectivity index (χ2v) is 5.92. The van der Waals surface area contributed by atoms with Crippen LogP contribution in [0.1, 0.15) is 39.1 Å². The molecule has 1 aliphatic heterocycles. The predicted octanol–water partition coefficient (Wildman–Crippen LogP) is 2.94. The number of aromatic carboxylic acids is 1. The molecule has 0 aliphatic carbocycles. The van der Waals surface area contributed by atoms with Crippen LogP contribution in [-0.4, -0.2) is 35.1 Å². The van der Waals surface area contributed by atoms with Crippen molar-refractivity contribution in [1.82, 2.24) is 4.98 Å². The number of rotatable bonds is 4. The Hall–Kier alpha value is -2.89. The van der Waals surface area contributed by atoms with Gasteiger partial charge in [-0.2, -0.15) is 0 Å². The van der Waals surface area contributed by atoms with E-state index in [2.05, 4.69) is 10.3 Å². The van der Waals surface area contributed by atoms with Gasteiger partial charge in [-0.05, 0) is 38.0 Å². The lowest BCUT2D eigenvalue weighted by molar-refractivity contribution is 0.0697. The van der Waals surface area contributed by atoms with E-state index in [0.717, 1.165) is 31.5 Å². The van der Waals surface area contributed by atoms with Crippen molar-refractivity contribution < 1.29 is 14.7 Å². The minimum Gasteiger partial charge on any atom is -0.478 e. The standard InChI is InChI=1S/C18H19N3O3/c1-12-5-4-6-13(9-12)17(22)20-14-10-15(18(23)24)16(19-11-14)21-7-2-3-8-21/h4-6,9-11H,2-3,7-8H2,1H3,(H,20,22)(H,23,24). The summed E-state index contributed by atoms with van der Waals surface area (Å²) >= 11 is 0. The fraction of sp³-hybridized carbons (Fsp3) is 0.278. The van der Waals surface area contributed by atoms with Crippen LogP contribution in [0.3, 0.4) is 0 Å². The molecule has 24 heavy (non-hydrogen) atoms. The second kappa shape index (κ2) is 6.70. The molecule has 1 aliphatic rings. The molecule has 1 amide bonds. The van der Waals surface area contributed by atoms with Gasteiger partial charge in [-0.3, -0.25) is 4.79 Å². The molecule has 0 radical (unpaired) electrons. The average molecular weight is 325 g/mol. The molecule has 0 bridgehead atoms. The molecule has 0 atom stereocenters. The molecule has 0 spiro atoms. The average Bonchev–Trinajstić information content (AvgIpc) is 3.09. The highest BCUT2D eigenvalue weighted by atomic mass is 16.4. The Morgan fingerprint density at radius 1 is 1.21 bits per heavy atom. The smallest absolute Gasteiger partial charge is 0.339 e. The van der Waals surface area contributed by atoms with Crippen LogP contribution in [0.15, 0.2) is 36.5 Å². The number of aryl methyl sites for hydroxylation is 1. The first-order valence-corrected chi connectivity index (χ1v) is 7.91. The molecular formula is C18H19N3O3. The first-order chi connectivity index (χ1) is 11.5.